The Morgan fingerprint density at radius 1 is 0.611 bits per heavy atom. The number of nitrogens with zero attached hydrogens (tertiary/aromatic N) is 6. The standard InChI is InChI=1S/C28H28N6S2/c1-3-19-33-25(29-31-27(33)35-21-11-17-23-13-7-5-8-14-23)26-30-32-28(34(26)20-4-2)36-22-12-18-24-15-9-6-10-16-24/h3-18H,1-2,19-22H2. The molecule has 0 unspecified atom stereocenters. The highest BCUT2D eigenvalue weighted by atomic mass is 32.2. The molecule has 0 saturated carbocycles. The molecule has 2 aromatic carbocycles. The van der Waals surface area contributed by atoms with Gasteiger partial charge in [-0.3, -0.25) is 9.13 Å². The molecular formula is C28H28N6S2. The predicted molar refractivity (Wildman–Crippen MR) is 152 cm³/mol. The van der Waals surface area contributed by atoms with Crippen molar-refractivity contribution in [2.24, 2.45) is 0 Å². The van der Waals surface area contributed by atoms with Gasteiger partial charge in [-0.25, -0.2) is 0 Å². The van der Waals surface area contributed by atoms with Crippen LogP contribution in [0.4, 0.5) is 0 Å². The van der Waals surface area contributed by atoms with Gasteiger partial charge >= 0.3 is 0 Å². The lowest BCUT2D eigenvalue weighted by atomic mass is 10.2. The molecule has 0 N–H and O–H groups in total. The van der Waals surface area contributed by atoms with Crippen LogP contribution >= 0.6 is 23.5 Å². The van der Waals surface area contributed by atoms with E-state index in [0.717, 1.165) is 21.8 Å². The minimum Gasteiger partial charge on any atom is -0.295 e. The number of hydrogen-bond donors (Lipinski definition) is 0. The molecule has 0 atom stereocenters. The second-order valence-corrected chi connectivity index (χ2v) is 9.63. The highest BCUT2D eigenvalue weighted by Gasteiger charge is 2.21. The first kappa shape index (κ1) is 25.5. The summed E-state index contributed by atoms with van der Waals surface area (Å²) in [5.41, 5.74) is 2.35. The zero-order chi connectivity index (χ0) is 25.0. The van der Waals surface area contributed by atoms with Crippen LogP contribution in [0, 0.1) is 0 Å². The molecule has 0 spiro atoms. The van der Waals surface area contributed by atoms with E-state index in [1.54, 1.807) is 23.5 Å². The molecule has 0 fully saturated rings. The lowest BCUT2D eigenvalue weighted by Crippen LogP contribution is -2.07. The van der Waals surface area contributed by atoms with Crippen molar-refractivity contribution in [2.75, 3.05) is 11.5 Å². The average molecular weight is 513 g/mol. The molecule has 4 aromatic rings. The van der Waals surface area contributed by atoms with Gasteiger partial charge < -0.3 is 0 Å². The summed E-state index contributed by atoms with van der Waals surface area (Å²) in [6.45, 7) is 8.99. The van der Waals surface area contributed by atoms with Gasteiger partial charge in [-0.15, -0.1) is 33.6 Å². The van der Waals surface area contributed by atoms with E-state index in [1.165, 1.54) is 11.1 Å². The van der Waals surface area contributed by atoms with Crippen molar-refractivity contribution in [1.29, 1.82) is 0 Å². The minimum atomic E-state index is 0.580. The quantitative estimate of drug-likeness (QED) is 0.150. The van der Waals surface area contributed by atoms with Gasteiger partial charge in [0.05, 0.1) is 0 Å². The van der Waals surface area contributed by atoms with Crippen LogP contribution in [0.2, 0.25) is 0 Å². The maximum atomic E-state index is 4.47. The van der Waals surface area contributed by atoms with E-state index >= 15 is 0 Å². The molecule has 0 aliphatic carbocycles. The SMILES string of the molecule is C=CCn1c(SCC=Cc2ccccc2)nnc1-c1nnc(SCC=Cc2ccccc2)n1CC=C. The van der Waals surface area contributed by atoms with Gasteiger partial charge in [0.15, 0.2) is 10.3 Å². The Balaban J connectivity index is 1.49. The molecule has 0 bridgehead atoms. The lowest BCUT2D eigenvalue weighted by Gasteiger charge is -2.09. The van der Waals surface area contributed by atoms with E-state index in [-0.39, 0.29) is 0 Å². The first-order valence-corrected chi connectivity index (χ1v) is 13.5. The van der Waals surface area contributed by atoms with Crippen LogP contribution < -0.4 is 0 Å². The smallest absolute Gasteiger partial charge is 0.203 e. The Morgan fingerprint density at radius 3 is 1.42 bits per heavy atom. The van der Waals surface area contributed by atoms with Crippen molar-refractivity contribution < 1.29 is 0 Å². The summed E-state index contributed by atoms with van der Waals surface area (Å²) in [6.07, 6.45) is 12.2. The summed E-state index contributed by atoms with van der Waals surface area (Å²) >= 11 is 3.25. The van der Waals surface area contributed by atoms with Gasteiger partial charge in [0, 0.05) is 24.6 Å². The highest BCUT2D eigenvalue weighted by molar-refractivity contribution is 7.99. The third-order valence-corrected chi connectivity index (χ3v) is 6.93. The summed E-state index contributed by atoms with van der Waals surface area (Å²) in [5.74, 6) is 2.90. The van der Waals surface area contributed by atoms with Crippen molar-refractivity contribution in [3.05, 3.63) is 109 Å². The third-order valence-electron chi connectivity index (χ3n) is 5.09. The molecular weight excluding hydrogens is 484 g/mol. The largest absolute Gasteiger partial charge is 0.295 e. The Labute approximate surface area is 220 Å². The van der Waals surface area contributed by atoms with Crippen LogP contribution in [0.15, 0.2) is 108 Å². The predicted octanol–water partition coefficient (Wildman–Crippen LogP) is 6.52. The number of rotatable bonds is 13. The average Bonchev–Trinajstić information content (AvgIpc) is 3.49. The highest BCUT2D eigenvalue weighted by Crippen LogP contribution is 2.27. The second-order valence-electron chi connectivity index (χ2n) is 7.66. The molecule has 0 radical (unpaired) electrons. The van der Waals surface area contributed by atoms with Crippen molar-refractivity contribution >= 4 is 35.7 Å². The summed E-state index contributed by atoms with van der Waals surface area (Å²) in [5, 5.41) is 19.5. The number of thioether (sulfide) groups is 2. The fourth-order valence-corrected chi connectivity index (χ4v) is 4.96. The van der Waals surface area contributed by atoms with Crippen molar-refractivity contribution in [1.82, 2.24) is 29.5 Å². The molecule has 36 heavy (non-hydrogen) atoms. The zero-order valence-electron chi connectivity index (χ0n) is 20.0. The molecule has 4 rings (SSSR count). The topological polar surface area (TPSA) is 61.4 Å². The van der Waals surface area contributed by atoms with Crippen LogP contribution in [-0.4, -0.2) is 41.0 Å². The molecule has 0 saturated heterocycles. The van der Waals surface area contributed by atoms with Gasteiger partial charge in [0.2, 0.25) is 11.6 Å². The fraction of sp³-hybridized carbons (Fsp3) is 0.143. The Hall–Kier alpha value is -3.62. The molecule has 2 heterocycles. The van der Waals surface area contributed by atoms with E-state index in [2.05, 4.69) is 82.1 Å². The molecule has 182 valence electrons. The minimum absolute atomic E-state index is 0.580. The number of aromatic nitrogens is 6. The van der Waals surface area contributed by atoms with Gasteiger partial charge in [0.25, 0.3) is 0 Å². The van der Waals surface area contributed by atoms with E-state index in [1.807, 2.05) is 57.7 Å². The Bertz CT molecular complexity index is 1220. The summed E-state index contributed by atoms with van der Waals surface area (Å²) in [6, 6.07) is 20.5. The van der Waals surface area contributed by atoms with Crippen LogP contribution in [0.25, 0.3) is 23.8 Å². The number of benzene rings is 2. The van der Waals surface area contributed by atoms with E-state index in [4.69, 9.17) is 0 Å². The zero-order valence-corrected chi connectivity index (χ0v) is 21.6. The van der Waals surface area contributed by atoms with Crippen molar-refractivity contribution in [2.45, 2.75) is 23.4 Å². The van der Waals surface area contributed by atoms with Gasteiger partial charge in [-0.2, -0.15) is 0 Å². The monoisotopic (exact) mass is 512 g/mol. The normalized spacial score (nSPS) is 11.4. The summed E-state index contributed by atoms with van der Waals surface area (Å²) < 4.78 is 4.06. The van der Waals surface area contributed by atoms with Crippen molar-refractivity contribution in [3.63, 3.8) is 0 Å². The third kappa shape index (κ3) is 6.74. The Morgan fingerprint density at radius 2 is 1.03 bits per heavy atom. The van der Waals surface area contributed by atoms with Crippen LogP contribution in [-0.2, 0) is 13.1 Å². The first-order valence-electron chi connectivity index (χ1n) is 11.6. The Kier molecular flexibility index (Phi) is 9.53. The molecule has 0 aliphatic heterocycles. The maximum Gasteiger partial charge on any atom is 0.203 e. The van der Waals surface area contributed by atoms with E-state index < -0.39 is 0 Å². The summed E-state index contributed by atoms with van der Waals surface area (Å²) in [7, 11) is 0. The first-order chi connectivity index (χ1) is 17.8. The van der Waals surface area contributed by atoms with E-state index in [0.29, 0.717) is 24.7 Å². The lowest BCUT2D eigenvalue weighted by molar-refractivity contribution is 0.701. The van der Waals surface area contributed by atoms with Crippen molar-refractivity contribution in [3.8, 4) is 11.6 Å². The molecule has 6 nitrogen and oxygen atoms in total. The second kappa shape index (κ2) is 13.5. The van der Waals surface area contributed by atoms with Crippen LogP contribution in [0.5, 0.6) is 0 Å². The van der Waals surface area contributed by atoms with Crippen LogP contribution in [0.3, 0.4) is 0 Å². The maximum absolute atomic E-state index is 4.47. The van der Waals surface area contributed by atoms with Gasteiger partial charge in [-0.1, -0.05) is 121 Å². The molecule has 2 aromatic heterocycles. The van der Waals surface area contributed by atoms with E-state index in [9.17, 15) is 0 Å². The molecule has 0 amide bonds. The molecule has 8 heteroatoms. The number of hydrogen-bond acceptors (Lipinski definition) is 6. The number of allylic oxidation sites excluding steroid dienone is 2. The summed E-state index contributed by atoms with van der Waals surface area (Å²) in [4.78, 5) is 0. The van der Waals surface area contributed by atoms with Gasteiger partial charge in [-0.05, 0) is 11.1 Å². The fourth-order valence-electron chi connectivity index (χ4n) is 3.45. The molecule has 0 aliphatic rings. The van der Waals surface area contributed by atoms with Gasteiger partial charge in [0.1, 0.15) is 0 Å². The van der Waals surface area contributed by atoms with Crippen LogP contribution in [0.1, 0.15) is 11.1 Å².